The lowest BCUT2D eigenvalue weighted by molar-refractivity contribution is 0.666. The largest absolute Gasteiger partial charge is 0.135 e. The zero-order chi connectivity index (χ0) is 35.0. The molecular formula is C51H32S2. The molecule has 0 aliphatic heterocycles. The predicted molar refractivity (Wildman–Crippen MR) is 233 cm³/mol. The van der Waals surface area contributed by atoms with Crippen LogP contribution in [0, 0.1) is 0 Å². The molecule has 0 saturated carbocycles. The van der Waals surface area contributed by atoms with Gasteiger partial charge in [0.1, 0.15) is 0 Å². The minimum atomic E-state index is -0.119. The Morgan fingerprint density at radius 2 is 0.868 bits per heavy atom. The molecule has 1 aliphatic rings. The topological polar surface area (TPSA) is 0 Å². The van der Waals surface area contributed by atoms with Crippen LogP contribution in [0.25, 0.3) is 106 Å². The van der Waals surface area contributed by atoms with E-state index < -0.39 is 0 Å². The fourth-order valence-electron chi connectivity index (χ4n) is 9.68. The SMILES string of the molecule is CC1(C)c2ccc(-c3c4ccccc4c(-c4ccc5c(c4)sc4ccccc45)c4ccccc34)cc2-c2ccc3cc4c(cc3c21)sc1ccccc14. The highest BCUT2D eigenvalue weighted by molar-refractivity contribution is 7.26. The third-order valence-electron chi connectivity index (χ3n) is 12.0. The highest BCUT2D eigenvalue weighted by Gasteiger charge is 2.37. The first kappa shape index (κ1) is 29.7. The van der Waals surface area contributed by atoms with Crippen molar-refractivity contribution < 1.29 is 0 Å². The third-order valence-corrected chi connectivity index (χ3v) is 14.3. The van der Waals surface area contributed by atoms with Gasteiger partial charge >= 0.3 is 0 Å². The highest BCUT2D eigenvalue weighted by Crippen LogP contribution is 2.54. The van der Waals surface area contributed by atoms with Gasteiger partial charge in [-0.15, -0.1) is 22.7 Å². The van der Waals surface area contributed by atoms with Crippen LogP contribution in [0.3, 0.4) is 0 Å². The van der Waals surface area contributed by atoms with Crippen LogP contribution in [0.15, 0.2) is 158 Å². The molecule has 248 valence electrons. The van der Waals surface area contributed by atoms with Crippen LogP contribution in [-0.4, -0.2) is 0 Å². The van der Waals surface area contributed by atoms with Crippen LogP contribution in [0.2, 0.25) is 0 Å². The maximum Gasteiger partial charge on any atom is 0.0361 e. The van der Waals surface area contributed by atoms with Gasteiger partial charge in [0.15, 0.2) is 0 Å². The zero-order valence-electron chi connectivity index (χ0n) is 29.3. The van der Waals surface area contributed by atoms with Crippen molar-refractivity contribution in [1.29, 1.82) is 0 Å². The lowest BCUT2D eigenvalue weighted by Gasteiger charge is -2.23. The van der Waals surface area contributed by atoms with E-state index in [1.54, 1.807) is 0 Å². The van der Waals surface area contributed by atoms with Gasteiger partial charge in [-0.3, -0.25) is 0 Å². The van der Waals surface area contributed by atoms with Gasteiger partial charge in [0, 0.05) is 45.8 Å². The predicted octanol–water partition coefficient (Wildman–Crippen LogP) is 15.5. The monoisotopic (exact) mass is 708 g/mol. The van der Waals surface area contributed by atoms with Crippen LogP contribution < -0.4 is 0 Å². The van der Waals surface area contributed by atoms with E-state index in [0.717, 1.165) is 0 Å². The quantitative estimate of drug-likeness (QED) is 0.157. The molecule has 0 N–H and O–H groups in total. The van der Waals surface area contributed by atoms with E-state index in [1.807, 2.05) is 22.7 Å². The molecule has 11 aromatic rings. The molecule has 2 aromatic heterocycles. The van der Waals surface area contributed by atoms with E-state index >= 15 is 0 Å². The maximum atomic E-state index is 2.49. The van der Waals surface area contributed by atoms with E-state index in [2.05, 4.69) is 172 Å². The minimum Gasteiger partial charge on any atom is -0.135 e. The number of thiophene rings is 2. The second kappa shape index (κ2) is 10.6. The molecule has 0 spiro atoms. The molecule has 12 rings (SSSR count). The summed E-state index contributed by atoms with van der Waals surface area (Å²) in [6.45, 7) is 4.83. The summed E-state index contributed by atoms with van der Waals surface area (Å²) in [5, 5.41) is 13.3. The minimum absolute atomic E-state index is 0.119. The van der Waals surface area contributed by atoms with Gasteiger partial charge < -0.3 is 0 Å². The van der Waals surface area contributed by atoms with Crippen molar-refractivity contribution >= 4 is 95.3 Å². The first-order chi connectivity index (χ1) is 26.0. The average Bonchev–Trinajstić information content (AvgIpc) is 3.82. The van der Waals surface area contributed by atoms with Gasteiger partial charge in [0.25, 0.3) is 0 Å². The van der Waals surface area contributed by atoms with Gasteiger partial charge in [-0.1, -0.05) is 135 Å². The number of benzene rings is 9. The zero-order valence-corrected chi connectivity index (χ0v) is 31.0. The van der Waals surface area contributed by atoms with Crippen LogP contribution in [0.5, 0.6) is 0 Å². The Bertz CT molecular complexity index is 3310. The van der Waals surface area contributed by atoms with E-state index in [9.17, 15) is 0 Å². The molecule has 0 amide bonds. The first-order valence-corrected chi connectivity index (χ1v) is 20.1. The summed E-state index contributed by atoms with van der Waals surface area (Å²) < 4.78 is 5.39. The molecule has 1 aliphatic carbocycles. The molecule has 2 heterocycles. The molecule has 53 heavy (non-hydrogen) atoms. The summed E-state index contributed by atoms with van der Waals surface area (Å²) >= 11 is 3.80. The van der Waals surface area contributed by atoms with E-state index in [1.165, 1.54) is 117 Å². The molecule has 0 radical (unpaired) electrons. The summed E-state index contributed by atoms with van der Waals surface area (Å²) in [6.07, 6.45) is 0. The fourth-order valence-corrected chi connectivity index (χ4v) is 11.9. The molecule has 0 saturated heterocycles. The van der Waals surface area contributed by atoms with Gasteiger partial charge in [-0.25, -0.2) is 0 Å². The van der Waals surface area contributed by atoms with Gasteiger partial charge in [0.2, 0.25) is 0 Å². The number of rotatable bonds is 2. The standard InChI is InChI=1S/C51H32S2/c1-51(2)43-24-21-30(26-41(43)39-23-19-29-25-42-33-12-8-10-18-45(33)53-47(42)28-40(29)50(39)51)48-35-13-3-5-15-37(35)49(38-16-6-4-14-36(38)48)31-20-22-34-32-11-7-9-17-44(32)52-46(34)27-31/h3-28H,1-2H3. The van der Waals surface area contributed by atoms with Gasteiger partial charge in [0.05, 0.1) is 0 Å². The Labute approximate surface area is 315 Å². The van der Waals surface area contributed by atoms with Crippen molar-refractivity contribution in [2.24, 2.45) is 0 Å². The molecule has 0 atom stereocenters. The Balaban J connectivity index is 1.09. The Hall–Kier alpha value is -5.80. The first-order valence-electron chi connectivity index (χ1n) is 18.4. The van der Waals surface area contributed by atoms with Crippen LogP contribution >= 0.6 is 22.7 Å². The van der Waals surface area contributed by atoms with Crippen LogP contribution in [0.4, 0.5) is 0 Å². The van der Waals surface area contributed by atoms with Crippen LogP contribution in [0.1, 0.15) is 25.0 Å². The molecular weight excluding hydrogens is 677 g/mol. The van der Waals surface area contributed by atoms with Crippen molar-refractivity contribution in [3.05, 3.63) is 169 Å². The number of hydrogen-bond acceptors (Lipinski definition) is 2. The van der Waals surface area contributed by atoms with E-state index in [4.69, 9.17) is 0 Å². The molecule has 0 fully saturated rings. The van der Waals surface area contributed by atoms with E-state index in [0.29, 0.717) is 0 Å². The second-order valence-corrected chi connectivity index (χ2v) is 17.4. The lowest BCUT2D eigenvalue weighted by Crippen LogP contribution is -2.15. The normalized spacial score (nSPS) is 13.6. The highest BCUT2D eigenvalue weighted by atomic mass is 32.1. The van der Waals surface area contributed by atoms with Crippen LogP contribution in [-0.2, 0) is 5.41 Å². The van der Waals surface area contributed by atoms with Gasteiger partial charge in [-0.2, -0.15) is 0 Å². The molecule has 9 aromatic carbocycles. The van der Waals surface area contributed by atoms with Gasteiger partial charge in [-0.05, 0) is 113 Å². The van der Waals surface area contributed by atoms with Crippen molar-refractivity contribution in [3.8, 4) is 33.4 Å². The summed E-state index contributed by atoms with van der Waals surface area (Å²) in [6, 6.07) is 59.7. The summed E-state index contributed by atoms with van der Waals surface area (Å²) in [5.74, 6) is 0. The second-order valence-electron chi connectivity index (χ2n) is 15.2. The lowest BCUT2D eigenvalue weighted by atomic mass is 9.79. The molecule has 0 bridgehead atoms. The molecule has 2 heteroatoms. The Morgan fingerprint density at radius 1 is 0.358 bits per heavy atom. The summed E-state index contributed by atoms with van der Waals surface area (Å²) in [7, 11) is 0. The molecule has 0 nitrogen and oxygen atoms in total. The number of hydrogen-bond donors (Lipinski definition) is 0. The fraction of sp³-hybridized carbons (Fsp3) is 0.0588. The van der Waals surface area contributed by atoms with Crippen molar-refractivity contribution in [3.63, 3.8) is 0 Å². The molecule has 0 unspecified atom stereocenters. The Kier molecular flexibility index (Phi) is 5.97. The maximum absolute atomic E-state index is 2.49. The smallest absolute Gasteiger partial charge is 0.0361 e. The van der Waals surface area contributed by atoms with Crippen molar-refractivity contribution in [2.45, 2.75) is 19.3 Å². The Morgan fingerprint density at radius 3 is 1.51 bits per heavy atom. The number of fused-ring (bicyclic) bond motifs is 13. The van der Waals surface area contributed by atoms with Crippen molar-refractivity contribution in [1.82, 2.24) is 0 Å². The third kappa shape index (κ3) is 4.05. The average molecular weight is 709 g/mol. The summed E-state index contributed by atoms with van der Waals surface area (Å²) in [4.78, 5) is 0. The van der Waals surface area contributed by atoms with Crippen molar-refractivity contribution in [2.75, 3.05) is 0 Å². The summed E-state index contributed by atoms with van der Waals surface area (Å²) in [5.41, 5.74) is 10.6. The van der Waals surface area contributed by atoms with E-state index in [-0.39, 0.29) is 5.41 Å².